The fourth-order valence-corrected chi connectivity index (χ4v) is 3.32. The highest BCUT2D eigenvalue weighted by Gasteiger charge is 2.12. The number of thiazole rings is 1. The van der Waals surface area contributed by atoms with Gasteiger partial charge in [0.25, 0.3) is 0 Å². The van der Waals surface area contributed by atoms with Crippen LogP contribution in [-0.4, -0.2) is 11.5 Å². The number of rotatable bonds is 6. The van der Waals surface area contributed by atoms with Crippen molar-refractivity contribution in [3.05, 3.63) is 38.8 Å². The minimum Gasteiger partial charge on any atom is -0.312 e. The molecule has 0 bridgehead atoms. The molecule has 0 saturated carbocycles. The number of hydrogen-bond donors (Lipinski definition) is 1. The molecule has 2 nitrogen and oxygen atoms in total. The van der Waals surface area contributed by atoms with E-state index in [1.807, 2.05) is 18.2 Å². The van der Waals surface area contributed by atoms with Gasteiger partial charge in [0.1, 0.15) is 5.01 Å². The van der Waals surface area contributed by atoms with E-state index in [9.17, 15) is 0 Å². The second kappa shape index (κ2) is 7.41. The monoisotopic (exact) mass is 328 g/mol. The SMILES string of the molecule is CCCc1nc(-c2ccc(Cl)c(Cl)c2)sc1CNCC. The number of hydrogen-bond acceptors (Lipinski definition) is 3. The van der Waals surface area contributed by atoms with Crippen molar-refractivity contribution in [1.82, 2.24) is 10.3 Å². The van der Waals surface area contributed by atoms with Crippen molar-refractivity contribution in [1.29, 1.82) is 0 Å². The highest BCUT2D eigenvalue weighted by molar-refractivity contribution is 7.15. The summed E-state index contributed by atoms with van der Waals surface area (Å²) in [5.74, 6) is 0. The lowest BCUT2D eigenvalue weighted by atomic mass is 10.2. The van der Waals surface area contributed by atoms with Gasteiger partial charge < -0.3 is 5.32 Å². The fraction of sp³-hybridized carbons (Fsp3) is 0.400. The molecule has 0 fully saturated rings. The van der Waals surface area contributed by atoms with Crippen molar-refractivity contribution in [3.63, 3.8) is 0 Å². The van der Waals surface area contributed by atoms with Crippen molar-refractivity contribution in [2.24, 2.45) is 0 Å². The van der Waals surface area contributed by atoms with Crippen LogP contribution in [0, 0.1) is 0 Å². The second-order valence-electron chi connectivity index (χ2n) is 4.55. The van der Waals surface area contributed by atoms with E-state index in [-0.39, 0.29) is 0 Å². The molecule has 0 saturated heterocycles. The largest absolute Gasteiger partial charge is 0.312 e. The van der Waals surface area contributed by atoms with Crippen LogP contribution >= 0.6 is 34.5 Å². The standard InChI is InChI=1S/C15H18Cl2N2S/c1-3-5-13-14(9-18-4-2)20-15(19-13)10-6-7-11(16)12(17)8-10/h6-8,18H,3-5,9H2,1-2H3. The topological polar surface area (TPSA) is 24.9 Å². The Balaban J connectivity index is 2.33. The molecule has 1 N–H and O–H groups in total. The molecule has 0 aliphatic heterocycles. The molecule has 20 heavy (non-hydrogen) atoms. The van der Waals surface area contributed by atoms with Crippen LogP contribution in [0.1, 0.15) is 30.8 Å². The third-order valence-corrected chi connectivity index (χ3v) is 4.85. The highest BCUT2D eigenvalue weighted by atomic mass is 35.5. The molecule has 2 aromatic rings. The van der Waals surface area contributed by atoms with Gasteiger partial charge in [-0.25, -0.2) is 4.98 Å². The molecule has 0 amide bonds. The zero-order valence-electron chi connectivity index (χ0n) is 11.7. The number of nitrogens with one attached hydrogen (secondary N) is 1. The molecule has 0 aliphatic carbocycles. The lowest BCUT2D eigenvalue weighted by Gasteiger charge is -2.00. The third-order valence-electron chi connectivity index (χ3n) is 2.97. The van der Waals surface area contributed by atoms with Crippen LogP contribution < -0.4 is 5.32 Å². The fourth-order valence-electron chi connectivity index (χ4n) is 1.94. The first-order chi connectivity index (χ1) is 9.65. The molecule has 1 heterocycles. The maximum Gasteiger partial charge on any atom is 0.123 e. The maximum atomic E-state index is 6.09. The van der Waals surface area contributed by atoms with E-state index in [0.717, 1.165) is 36.5 Å². The second-order valence-corrected chi connectivity index (χ2v) is 6.45. The summed E-state index contributed by atoms with van der Waals surface area (Å²) in [4.78, 5) is 6.09. The van der Waals surface area contributed by atoms with Crippen LogP contribution in [0.3, 0.4) is 0 Å². The Morgan fingerprint density at radius 1 is 1.20 bits per heavy atom. The smallest absolute Gasteiger partial charge is 0.123 e. The first kappa shape index (κ1) is 15.8. The van der Waals surface area contributed by atoms with Gasteiger partial charge in [-0.2, -0.15) is 0 Å². The van der Waals surface area contributed by atoms with E-state index >= 15 is 0 Å². The van der Waals surface area contributed by atoms with Gasteiger partial charge in [-0.1, -0.05) is 49.5 Å². The van der Waals surface area contributed by atoms with E-state index in [1.165, 1.54) is 10.6 Å². The van der Waals surface area contributed by atoms with Gasteiger partial charge >= 0.3 is 0 Å². The highest BCUT2D eigenvalue weighted by Crippen LogP contribution is 2.32. The maximum absolute atomic E-state index is 6.09. The number of aryl methyl sites for hydroxylation is 1. The van der Waals surface area contributed by atoms with Crippen LogP contribution in [0.4, 0.5) is 0 Å². The van der Waals surface area contributed by atoms with E-state index in [2.05, 4.69) is 19.2 Å². The van der Waals surface area contributed by atoms with Crippen LogP contribution in [0.25, 0.3) is 10.6 Å². The summed E-state index contributed by atoms with van der Waals surface area (Å²) < 4.78 is 0. The molecule has 1 aromatic heterocycles. The van der Waals surface area contributed by atoms with E-state index in [4.69, 9.17) is 28.2 Å². The molecule has 0 aliphatic rings. The summed E-state index contributed by atoms with van der Waals surface area (Å²) in [5, 5.41) is 5.54. The zero-order chi connectivity index (χ0) is 14.5. The molecular weight excluding hydrogens is 311 g/mol. The summed E-state index contributed by atoms with van der Waals surface area (Å²) in [6.07, 6.45) is 2.11. The van der Waals surface area contributed by atoms with Gasteiger partial charge in [-0.3, -0.25) is 0 Å². The van der Waals surface area contributed by atoms with E-state index in [0.29, 0.717) is 10.0 Å². The molecule has 0 spiro atoms. The Kier molecular flexibility index (Phi) is 5.85. The van der Waals surface area contributed by atoms with Crippen LogP contribution in [0.2, 0.25) is 10.0 Å². The first-order valence-corrected chi connectivity index (χ1v) is 8.37. The molecule has 0 unspecified atom stereocenters. The van der Waals surface area contributed by atoms with Crippen LogP contribution in [0.15, 0.2) is 18.2 Å². The van der Waals surface area contributed by atoms with Crippen molar-refractivity contribution < 1.29 is 0 Å². The normalized spacial score (nSPS) is 11.0. The van der Waals surface area contributed by atoms with Crippen molar-refractivity contribution >= 4 is 34.5 Å². The summed E-state index contributed by atoms with van der Waals surface area (Å²) in [6.45, 7) is 6.13. The molecule has 108 valence electrons. The number of aromatic nitrogens is 1. The number of nitrogens with zero attached hydrogens (tertiary/aromatic N) is 1. The molecule has 0 radical (unpaired) electrons. The van der Waals surface area contributed by atoms with E-state index < -0.39 is 0 Å². The quantitative estimate of drug-likeness (QED) is 0.790. The third kappa shape index (κ3) is 3.73. The van der Waals surface area contributed by atoms with Crippen molar-refractivity contribution in [2.45, 2.75) is 33.2 Å². The Labute approximate surface area is 134 Å². The molecular formula is C15H18Cl2N2S. The number of benzene rings is 1. The predicted octanol–water partition coefficient (Wildman–Crippen LogP) is 5.18. The van der Waals surface area contributed by atoms with Crippen molar-refractivity contribution in [3.8, 4) is 10.6 Å². The Bertz CT molecular complexity index is 581. The van der Waals surface area contributed by atoms with Crippen LogP contribution in [-0.2, 0) is 13.0 Å². The van der Waals surface area contributed by atoms with Gasteiger partial charge in [-0.15, -0.1) is 11.3 Å². The Hall–Kier alpha value is -0.610. The van der Waals surface area contributed by atoms with Gasteiger partial charge in [0, 0.05) is 17.0 Å². The lowest BCUT2D eigenvalue weighted by Crippen LogP contribution is -2.11. The predicted molar refractivity (Wildman–Crippen MR) is 88.9 cm³/mol. The molecule has 1 aromatic carbocycles. The average molecular weight is 329 g/mol. The zero-order valence-corrected chi connectivity index (χ0v) is 14.0. The van der Waals surface area contributed by atoms with E-state index in [1.54, 1.807) is 11.3 Å². The molecule has 5 heteroatoms. The Morgan fingerprint density at radius 2 is 2.00 bits per heavy atom. The van der Waals surface area contributed by atoms with Gasteiger partial charge in [0.2, 0.25) is 0 Å². The van der Waals surface area contributed by atoms with Gasteiger partial charge in [0.15, 0.2) is 0 Å². The summed E-state index contributed by atoms with van der Waals surface area (Å²) >= 11 is 13.8. The van der Waals surface area contributed by atoms with Gasteiger partial charge in [0.05, 0.1) is 15.7 Å². The van der Waals surface area contributed by atoms with Crippen molar-refractivity contribution in [2.75, 3.05) is 6.54 Å². The van der Waals surface area contributed by atoms with Gasteiger partial charge in [-0.05, 0) is 25.1 Å². The minimum atomic E-state index is 0.574. The summed E-state index contributed by atoms with van der Waals surface area (Å²) in [5.41, 5.74) is 2.23. The summed E-state index contributed by atoms with van der Waals surface area (Å²) in [6, 6.07) is 5.68. The molecule has 0 atom stereocenters. The molecule has 2 rings (SSSR count). The summed E-state index contributed by atoms with van der Waals surface area (Å²) in [7, 11) is 0. The first-order valence-electron chi connectivity index (χ1n) is 6.80. The minimum absolute atomic E-state index is 0.574. The number of halogens is 2. The lowest BCUT2D eigenvalue weighted by molar-refractivity contribution is 0.723. The van der Waals surface area contributed by atoms with Crippen LogP contribution in [0.5, 0.6) is 0 Å². The Morgan fingerprint density at radius 3 is 2.65 bits per heavy atom. The average Bonchev–Trinajstić information content (AvgIpc) is 2.83.